The number of aliphatic hydroxyl groups is 1. The van der Waals surface area contributed by atoms with Crippen LogP contribution in [0.5, 0.6) is 0 Å². The highest BCUT2D eigenvalue weighted by molar-refractivity contribution is 5.25. The zero-order valence-electron chi connectivity index (χ0n) is 13.0. The molecule has 1 rings (SSSR count). The van der Waals surface area contributed by atoms with Crippen molar-refractivity contribution < 1.29 is 5.11 Å². The highest BCUT2D eigenvalue weighted by atomic mass is 16.3. The molecule has 0 heterocycles. The quantitative estimate of drug-likeness (QED) is 0.788. The molecule has 0 saturated heterocycles. The molecule has 2 atom stereocenters. The van der Waals surface area contributed by atoms with Gasteiger partial charge in [-0.25, -0.2) is 0 Å². The van der Waals surface area contributed by atoms with E-state index in [1.54, 1.807) is 0 Å². The lowest BCUT2D eigenvalue weighted by Crippen LogP contribution is -2.38. The number of hydrogen-bond donors (Lipinski definition) is 2. The van der Waals surface area contributed by atoms with E-state index in [2.05, 4.69) is 64.2 Å². The van der Waals surface area contributed by atoms with Crippen LogP contribution in [0.4, 0.5) is 0 Å². The van der Waals surface area contributed by atoms with Gasteiger partial charge in [0.1, 0.15) is 0 Å². The van der Waals surface area contributed by atoms with E-state index in [9.17, 15) is 5.11 Å². The maximum atomic E-state index is 9.37. The summed E-state index contributed by atoms with van der Waals surface area (Å²) >= 11 is 0. The SMILES string of the molecule is CC(C)Cc1ccc(C(C)N[C@H](CO)C(C)C)cc1. The molecule has 0 aliphatic rings. The normalized spacial score (nSPS) is 14.9. The first kappa shape index (κ1) is 16.2. The summed E-state index contributed by atoms with van der Waals surface area (Å²) in [7, 11) is 0. The van der Waals surface area contributed by atoms with Crippen molar-refractivity contribution in [3.63, 3.8) is 0 Å². The number of hydrogen-bond acceptors (Lipinski definition) is 2. The van der Waals surface area contributed by atoms with Crippen molar-refractivity contribution in [1.82, 2.24) is 5.32 Å². The zero-order chi connectivity index (χ0) is 14.4. The minimum absolute atomic E-state index is 0.158. The molecule has 108 valence electrons. The first-order valence-electron chi connectivity index (χ1n) is 7.39. The Hall–Kier alpha value is -0.860. The summed E-state index contributed by atoms with van der Waals surface area (Å²) in [6.45, 7) is 11.1. The topological polar surface area (TPSA) is 32.3 Å². The first-order chi connectivity index (χ1) is 8.93. The summed E-state index contributed by atoms with van der Waals surface area (Å²) in [4.78, 5) is 0. The predicted octanol–water partition coefficient (Wildman–Crippen LogP) is 3.55. The van der Waals surface area contributed by atoms with Crippen molar-refractivity contribution >= 4 is 0 Å². The average molecular weight is 263 g/mol. The summed E-state index contributed by atoms with van der Waals surface area (Å²) in [5.41, 5.74) is 2.68. The van der Waals surface area contributed by atoms with E-state index in [0.29, 0.717) is 11.8 Å². The Morgan fingerprint density at radius 3 is 2.00 bits per heavy atom. The van der Waals surface area contributed by atoms with Gasteiger partial charge in [-0.1, -0.05) is 52.0 Å². The molecule has 19 heavy (non-hydrogen) atoms. The van der Waals surface area contributed by atoms with E-state index in [4.69, 9.17) is 0 Å². The second-order valence-corrected chi connectivity index (χ2v) is 6.26. The van der Waals surface area contributed by atoms with Crippen molar-refractivity contribution in [3.8, 4) is 0 Å². The molecule has 0 radical (unpaired) electrons. The Bertz CT molecular complexity index is 356. The third-order valence-electron chi connectivity index (χ3n) is 3.59. The van der Waals surface area contributed by atoms with Crippen LogP contribution in [0, 0.1) is 11.8 Å². The Morgan fingerprint density at radius 1 is 1.00 bits per heavy atom. The first-order valence-corrected chi connectivity index (χ1v) is 7.39. The Labute approximate surface area is 118 Å². The summed E-state index contributed by atoms with van der Waals surface area (Å²) < 4.78 is 0. The molecule has 0 aliphatic carbocycles. The van der Waals surface area contributed by atoms with Gasteiger partial charge in [-0.3, -0.25) is 0 Å². The number of rotatable bonds is 7. The van der Waals surface area contributed by atoms with Crippen LogP contribution < -0.4 is 5.32 Å². The molecule has 0 spiro atoms. The van der Waals surface area contributed by atoms with E-state index < -0.39 is 0 Å². The molecule has 0 saturated carbocycles. The smallest absolute Gasteiger partial charge is 0.0587 e. The van der Waals surface area contributed by atoms with Crippen LogP contribution in [-0.4, -0.2) is 17.8 Å². The van der Waals surface area contributed by atoms with Gasteiger partial charge >= 0.3 is 0 Å². The van der Waals surface area contributed by atoms with Gasteiger partial charge in [0, 0.05) is 12.1 Å². The van der Waals surface area contributed by atoms with Gasteiger partial charge in [-0.2, -0.15) is 0 Å². The van der Waals surface area contributed by atoms with Gasteiger partial charge in [-0.05, 0) is 36.3 Å². The third-order valence-corrected chi connectivity index (χ3v) is 3.59. The average Bonchev–Trinajstić information content (AvgIpc) is 2.35. The van der Waals surface area contributed by atoms with Crippen LogP contribution in [0.25, 0.3) is 0 Å². The van der Waals surface area contributed by atoms with E-state index >= 15 is 0 Å². The van der Waals surface area contributed by atoms with Crippen LogP contribution in [0.15, 0.2) is 24.3 Å². The van der Waals surface area contributed by atoms with Crippen molar-refractivity contribution in [3.05, 3.63) is 35.4 Å². The summed E-state index contributed by atoms with van der Waals surface area (Å²) in [5.74, 6) is 1.13. The second kappa shape index (κ2) is 7.66. The van der Waals surface area contributed by atoms with E-state index in [0.717, 1.165) is 6.42 Å². The van der Waals surface area contributed by atoms with Crippen molar-refractivity contribution in [1.29, 1.82) is 0 Å². The number of benzene rings is 1. The maximum Gasteiger partial charge on any atom is 0.0587 e. The second-order valence-electron chi connectivity index (χ2n) is 6.26. The van der Waals surface area contributed by atoms with Crippen LogP contribution >= 0.6 is 0 Å². The van der Waals surface area contributed by atoms with Crippen molar-refractivity contribution in [2.75, 3.05) is 6.61 Å². The molecule has 1 aromatic carbocycles. The molecule has 1 unspecified atom stereocenters. The molecule has 0 bridgehead atoms. The fourth-order valence-electron chi connectivity index (χ4n) is 2.29. The molecule has 2 N–H and O–H groups in total. The Kier molecular flexibility index (Phi) is 6.53. The molecule has 0 amide bonds. The van der Waals surface area contributed by atoms with Crippen molar-refractivity contribution in [2.24, 2.45) is 11.8 Å². The Morgan fingerprint density at radius 2 is 1.58 bits per heavy atom. The highest BCUT2D eigenvalue weighted by Gasteiger charge is 2.15. The lowest BCUT2D eigenvalue weighted by Gasteiger charge is -2.25. The van der Waals surface area contributed by atoms with Crippen LogP contribution in [-0.2, 0) is 6.42 Å². The molecule has 2 nitrogen and oxygen atoms in total. The number of nitrogens with one attached hydrogen (secondary N) is 1. The predicted molar refractivity (Wildman–Crippen MR) is 82.2 cm³/mol. The van der Waals surface area contributed by atoms with Crippen LogP contribution in [0.1, 0.15) is 51.8 Å². The summed E-state index contributed by atoms with van der Waals surface area (Å²) in [5, 5.41) is 12.9. The molecular formula is C17H29NO. The van der Waals surface area contributed by atoms with Gasteiger partial charge in [0.05, 0.1) is 6.61 Å². The van der Waals surface area contributed by atoms with Crippen LogP contribution in [0.2, 0.25) is 0 Å². The van der Waals surface area contributed by atoms with Gasteiger partial charge in [0.25, 0.3) is 0 Å². The molecule has 0 fully saturated rings. The van der Waals surface area contributed by atoms with Crippen molar-refractivity contribution in [2.45, 2.75) is 53.1 Å². The molecular weight excluding hydrogens is 234 g/mol. The van der Waals surface area contributed by atoms with Gasteiger partial charge in [0.15, 0.2) is 0 Å². The summed E-state index contributed by atoms with van der Waals surface area (Å²) in [6, 6.07) is 9.26. The van der Waals surface area contributed by atoms with Gasteiger partial charge in [0.2, 0.25) is 0 Å². The van der Waals surface area contributed by atoms with E-state index in [1.165, 1.54) is 11.1 Å². The largest absolute Gasteiger partial charge is 0.395 e. The van der Waals surface area contributed by atoms with Gasteiger partial charge < -0.3 is 10.4 Å². The van der Waals surface area contributed by atoms with Gasteiger partial charge in [-0.15, -0.1) is 0 Å². The third kappa shape index (κ3) is 5.33. The molecule has 2 heteroatoms. The van der Waals surface area contributed by atoms with E-state index in [-0.39, 0.29) is 18.7 Å². The Balaban J connectivity index is 2.64. The fourth-order valence-corrected chi connectivity index (χ4v) is 2.29. The maximum absolute atomic E-state index is 9.37. The lowest BCUT2D eigenvalue weighted by atomic mass is 9.98. The fraction of sp³-hybridized carbons (Fsp3) is 0.647. The molecule has 0 aliphatic heterocycles. The number of aliphatic hydroxyl groups excluding tert-OH is 1. The standard InChI is InChI=1S/C17H29NO/c1-12(2)10-15-6-8-16(9-7-15)14(5)18-17(11-19)13(3)4/h6-9,12-14,17-19H,10-11H2,1-5H3/t14?,17-/m1/s1. The van der Waals surface area contributed by atoms with E-state index in [1.807, 2.05) is 0 Å². The monoisotopic (exact) mass is 263 g/mol. The minimum Gasteiger partial charge on any atom is -0.395 e. The molecule has 0 aromatic heterocycles. The van der Waals surface area contributed by atoms with Crippen LogP contribution in [0.3, 0.4) is 0 Å². The minimum atomic E-state index is 0.158. The highest BCUT2D eigenvalue weighted by Crippen LogP contribution is 2.17. The molecule has 1 aromatic rings. The summed E-state index contributed by atoms with van der Waals surface area (Å²) in [6.07, 6.45) is 1.13. The lowest BCUT2D eigenvalue weighted by molar-refractivity contribution is 0.201. The zero-order valence-corrected chi connectivity index (χ0v) is 13.0.